The number of hydrogen-bond donors (Lipinski definition) is 0. The van der Waals surface area contributed by atoms with E-state index in [0.717, 1.165) is 4.90 Å². The maximum Gasteiger partial charge on any atom is 0.471 e. The zero-order chi connectivity index (χ0) is 14.0. The molecule has 0 aromatic heterocycles. The number of alkyl halides is 3. The van der Waals surface area contributed by atoms with E-state index in [9.17, 15) is 18.0 Å². The lowest BCUT2D eigenvalue weighted by Gasteiger charge is -2.41. The summed E-state index contributed by atoms with van der Waals surface area (Å²) in [5.41, 5.74) is -0.246. The largest absolute Gasteiger partial charge is 0.471 e. The predicted molar refractivity (Wildman–Crippen MR) is 60.6 cm³/mol. The highest BCUT2D eigenvalue weighted by molar-refractivity contribution is 5.81. The minimum atomic E-state index is -4.79. The number of halogens is 3. The van der Waals surface area contributed by atoms with Crippen molar-refractivity contribution in [2.45, 2.75) is 32.9 Å². The Morgan fingerprint density at radius 2 is 1.89 bits per heavy atom. The topological polar surface area (TPSA) is 24.7 Å². The van der Waals surface area contributed by atoms with Crippen LogP contribution >= 0.6 is 0 Å². The third-order valence-electron chi connectivity index (χ3n) is 3.91. The van der Waals surface area contributed by atoms with E-state index < -0.39 is 12.1 Å². The van der Waals surface area contributed by atoms with Gasteiger partial charge in [0, 0.05) is 18.5 Å². The molecule has 0 aromatic carbocycles. The molecule has 6 heteroatoms. The SMILES string of the molecule is [C-]#[N+]CC1(C(C)C)CCN(C(=O)C(F)(F)F)CC1. The second kappa shape index (κ2) is 5.17. The van der Waals surface area contributed by atoms with Crippen LogP contribution in [-0.4, -0.2) is 36.6 Å². The lowest BCUT2D eigenvalue weighted by molar-refractivity contribution is -0.187. The molecule has 1 aliphatic heterocycles. The van der Waals surface area contributed by atoms with Crippen molar-refractivity contribution in [2.24, 2.45) is 11.3 Å². The third-order valence-corrected chi connectivity index (χ3v) is 3.91. The summed E-state index contributed by atoms with van der Waals surface area (Å²) in [6, 6.07) is 0. The Kier molecular flexibility index (Phi) is 4.25. The zero-order valence-corrected chi connectivity index (χ0v) is 10.5. The molecule has 1 saturated heterocycles. The molecule has 1 amide bonds. The molecule has 0 atom stereocenters. The van der Waals surface area contributed by atoms with Gasteiger partial charge in [-0.3, -0.25) is 4.79 Å². The predicted octanol–water partition coefficient (Wildman–Crippen LogP) is 2.73. The van der Waals surface area contributed by atoms with Crippen LogP contribution in [0.4, 0.5) is 13.2 Å². The number of rotatable bonds is 2. The average molecular weight is 262 g/mol. The lowest BCUT2D eigenvalue weighted by atomic mass is 9.70. The van der Waals surface area contributed by atoms with Gasteiger partial charge in [-0.15, -0.1) is 0 Å². The standard InChI is InChI=1S/C12H17F3N2O/c1-9(2)11(8-16-3)4-6-17(7-5-11)10(18)12(13,14)15/h9H,4-8H2,1-2H3. The Bertz CT molecular complexity index is 349. The highest BCUT2D eigenvalue weighted by atomic mass is 19.4. The summed E-state index contributed by atoms with van der Waals surface area (Å²) in [7, 11) is 0. The summed E-state index contributed by atoms with van der Waals surface area (Å²) in [4.78, 5) is 15.3. The number of carbonyl (C=O) groups is 1. The minimum absolute atomic E-state index is 0.0893. The molecule has 1 heterocycles. The molecule has 0 aliphatic carbocycles. The van der Waals surface area contributed by atoms with E-state index in [-0.39, 0.29) is 24.4 Å². The number of piperidine rings is 1. The molecule has 1 fully saturated rings. The molecule has 102 valence electrons. The van der Waals surface area contributed by atoms with Crippen LogP contribution in [0.15, 0.2) is 0 Å². The number of nitrogens with zero attached hydrogens (tertiary/aromatic N) is 2. The van der Waals surface area contributed by atoms with Crippen molar-refractivity contribution < 1.29 is 18.0 Å². The lowest BCUT2D eigenvalue weighted by Crippen LogP contribution is -2.50. The zero-order valence-electron chi connectivity index (χ0n) is 10.5. The molecule has 0 N–H and O–H groups in total. The smallest absolute Gasteiger partial charge is 0.335 e. The Morgan fingerprint density at radius 1 is 1.39 bits per heavy atom. The normalized spacial score (nSPS) is 19.7. The molecule has 0 spiro atoms. The molecule has 3 nitrogen and oxygen atoms in total. The van der Waals surface area contributed by atoms with Crippen LogP contribution in [0.1, 0.15) is 26.7 Å². The van der Waals surface area contributed by atoms with Gasteiger partial charge in [-0.2, -0.15) is 13.2 Å². The maximum atomic E-state index is 12.3. The minimum Gasteiger partial charge on any atom is -0.335 e. The van der Waals surface area contributed by atoms with E-state index in [0.29, 0.717) is 19.4 Å². The molecular weight excluding hydrogens is 245 g/mol. The Hall–Kier alpha value is -1.25. The summed E-state index contributed by atoms with van der Waals surface area (Å²) in [6.45, 7) is 11.4. The van der Waals surface area contributed by atoms with E-state index in [1.54, 1.807) is 0 Å². The fraction of sp³-hybridized carbons (Fsp3) is 0.833. The maximum absolute atomic E-state index is 12.3. The van der Waals surface area contributed by atoms with Crippen LogP contribution < -0.4 is 0 Å². The molecule has 0 unspecified atom stereocenters. The molecule has 18 heavy (non-hydrogen) atoms. The summed E-state index contributed by atoms with van der Waals surface area (Å²) >= 11 is 0. The van der Waals surface area contributed by atoms with E-state index in [1.807, 2.05) is 13.8 Å². The second-order valence-corrected chi connectivity index (χ2v) is 5.12. The van der Waals surface area contributed by atoms with Gasteiger partial charge in [0.2, 0.25) is 6.54 Å². The fourth-order valence-electron chi connectivity index (χ4n) is 2.41. The van der Waals surface area contributed by atoms with Crippen LogP contribution in [0, 0.1) is 17.9 Å². The van der Waals surface area contributed by atoms with Gasteiger partial charge in [-0.1, -0.05) is 13.8 Å². The van der Waals surface area contributed by atoms with Gasteiger partial charge in [-0.25, -0.2) is 6.57 Å². The van der Waals surface area contributed by atoms with Crippen molar-refractivity contribution in [1.82, 2.24) is 4.90 Å². The highest BCUT2D eigenvalue weighted by Gasteiger charge is 2.47. The van der Waals surface area contributed by atoms with Crippen molar-refractivity contribution in [2.75, 3.05) is 19.6 Å². The van der Waals surface area contributed by atoms with Crippen molar-refractivity contribution in [3.8, 4) is 0 Å². The van der Waals surface area contributed by atoms with Crippen LogP contribution in [0.5, 0.6) is 0 Å². The average Bonchev–Trinajstić information content (AvgIpc) is 2.28. The Morgan fingerprint density at radius 3 is 2.22 bits per heavy atom. The fourth-order valence-corrected chi connectivity index (χ4v) is 2.41. The van der Waals surface area contributed by atoms with Crippen LogP contribution in [0.2, 0.25) is 0 Å². The number of carbonyl (C=O) groups excluding carboxylic acids is 1. The highest BCUT2D eigenvalue weighted by Crippen LogP contribution is 2.39. The van der Waals surface area contributed by atoms with Crippen LogP contribution in [0.25, 0.3) is 4.85 Å². The molecular formula is C12H17F3N2O. The summed E-state index contributed by atoms with van der Waals surface area (Å²) < 4.78 is 36.9. The van der Waals surface area contributed by atoms with Gasteiger partial charge in [0.15, 0.2) is 0 Å². The van der Waals surface area contributed by atoms with Crippen LogP contribution in [-0.2, 0) is 4.79 Å². The monoisotopic (exact) mass is 262 g/mol. The molecule has 0 saturated carbocycles. The van der Waals surface area contributed by atoms with Crippen LogP contribution in [0.3, 0.4) is 0 Å². The van der Waals surface area contributed by atoms with Gasteiger partial charge in [0.1, 0.15) is 0 Å². The quantitative estimate of drug-likeness (QED) is 0.702. The Balaban J connectivity index is 2.70. The molecule has 0 bridgehead atoms. The first-order chi connectivity index (χ1) is 8.23. The van der Waals surface area contributed by atoms with Crippen molar-refractivity contribution in [1.29, 1.82) is 0 Å². The third kappa shape index (κ3) is 2.95. The van der Waals surface area contributed by atoms with E-state index in [1.165, 1.54) is 0 Å². The summed E-state index contributed by atoms with van der Waals surface area (Å²) in [5.74, 6) is -1.53. The van der Waals surface area contributed by atoms with Gasteiger partial charge < -0.3 is 9.74 Å². The van der Waals surface area contributed by atoms with Gasteiger partial charge in [0.25, 0.3) is 0 Å². The van der Waals surface area contributed by atoms with Crippen molar-refractivity contribution >= 4 is 5.91 Å². The summed E-state index contributed by atoms with van der Waals surface area (Å²) in [6.07, 6.45) is -3.86. The number of hydrogen-bond acceptors (Lipinski definition) is 1. The van der Waals surface area contributed by atoms with Crippen molar-refractivity contribution in [3.05, 3.63) is 11.4 Å². The van der Waals surface area contributed by atoms with Gasteiger partial charge in [-0.05, 0) is 18.8 Å². The first kappa shape index (κ1) is 14.8. The first-order valence-corrected chi connectivity index (χ1v) is 5.92. The second-order valence-electron chi connectivity index (χ2n) is 5.12. The molecule has 0 aromatic rings. The van der Waals surface area contributed by atoms with E-state index in [4.69, 9.17) is 6.57 Å². The van der Waals surface area contributed by atoms with Gasteiger partial charge in [0.05, 0.1) is 0 Å². The molecule has 1 rings (SSSR count). The van der Waals surface area contributed by atoms with Crippen molar-refractivity contribution in [3.63, 3.8) is 0 Å². The molecule has 1 aliphatic rings. The van der Waals surface area contributed by atoms with E-state index in [2.05, 4.69) is 4.85 Å². The Labute approximate surface area is 105 Å². The van der Waals surface area contributed by atoms with E-state index >= 15 is 0 Å². The number of likely N-dealkylation sites (tertiary alicyclic amines) is 1. The summed E-state index contributed by atoms with van der Waals surface area (Å²) in [5, 5.41) is 0. The number of amides is 1. The molecule has 0 radical (unpaired) electrons. The van der Waals surface area contributed by atoms with Gasteiger partial charge >= 0.3 is 12.1 Å². The first-order valence-electron chi connectivity index (χ1n) is 5.92.